The third-order valence-corrected chi connectivity index (χ3v) is 5.47. The summed E-state index contributed by atoms with van der Waals surface area (Å²) < 4.78 is 5.36. The van der Waals surface area contributed by atoms with Crippen molar-refractivity contribution in [2.24, 2.45) is 10.7 Å². The second-order valence-electron chi connectivity index (χ2n) is 9.81. The summed E-state index contributed by atoms with van der Waals surface area (Å²) in [7, 11) is 0. The number of primary amides is 1. The van der Waals surface area contributed by atoms with E-state index in [2.05, 4.69) is 26.3 Å². The number of carbonyl (C=O) groups is 4. The summed E-state index contributed by atoms with van der Waals surface area (Å²) in [5.41, 5.74) is 4.53. The molecule has 4 amide bonds. The zero-order chi connectivity index (χ0) is 27.3. The number of nitrogens with zero attached hydrogens (tertiary/aromatic N) is 2. The third kappa shape index (κ3) is 11.1. The number of amides is 4. The molecule has 0 bridgehead atoms. The number of alkyl carbamates (subject to hydrolysis) is 1. The van der Waals surface area contributed by atoms with Crippen LogP contribution in [0.4, 0.5) is 4.79 Å². The molecule has 0 aromatic carbocycles. The highest BCUT2D eigenvalue weighted by Gasteiger charge is 2.38. The summed E-state index contributed by atoms with van der Waals surface area (Å²) in [4.78, 5) is 56.0. The van der Waals surface area contributed by atoms with Gasteiger partial charge in [0.1, 0.15) is 23.7 Å². The molecule has 1 aliphatic rings. The monoisotopic (exact) mass is 511 g/mol. The largest absolute Gasteiger partial charge is 0.444 e. The topological polar surface area (TPSA) is 167 Å². The lowest BCUT2D eigenvalue weighted by atomic mass is 10.1. The van der Waals surface area contributed by atoms with Gasteiger partial charge in [0.15, 0.2) is 5.96 Å². The molecule has 1 fully saturated rings. The van der Waals surface area contributed by atoms with Crippen molar-refractivity contribution in [2.45, 2.75) is 97.4 Å². The molecule has 6 N–H and O–H groups in total. The highest BCUT2D eigenvalue weighted by Crippen LogP contribution is 2.20. The van der Waals surface area contributed by atoms with E-state index in [1.165, 1.54) is 11.8 Å². The van der Waals surface area contributed by atoms with Gasteiger partial charge in [-0.15, -0.1) is 0 Å². The fraction of sp³-hybridized carbons (Fsp3) is 0.792. The third-order valence-electron chi connectivity index (χ3n) is 5.47. The van der Waals surface area contributed by atoms with E-state index in [4.69, 9.17) is 10.5 Å². The molecule has 0 aromatic rings. The average Bonchev–Trinajstić information content (AvgIpc) is 3.26. The van der Waals surface area contributed by atoms with E-state index in [1.807, 2.05) is 13.8 Å². The highest BCUT2D eigenvalue weighted by atomic mass is 16.6. The Morgan fingerprint density at radius 1 is 1.08 bits per heavy atom. The van der Waals surface area contributed by atoms with Crippen LogP contribution in [0.2, 0.25) is 0 Å². The quantitative estimate of drug-likeness (QED) is 0.145. The second-order valence-corrected chi connectivity index (χ2v) is 9.81. The molecule has 1 heterocycles. The van der Waals surface area contributed by atoms with Crippen molar-refractivity contribution in [3.05, 3.63) is 0 Å². The van der Waals surface area contributed by atoms with Gasteiger partial charge in [-0.05, 0) is 73.6 Å². The van der Waals surface area contributed by atoms with E-state index in [1.54, 1.807) is 20.8 Å². The first-order chi connectivity index (χ1) is 16.9. The molecule has 1 saturated heterocycles. The predicted octanol–water partition coefficient (Wildman–Crippen LogP) is 0.606. The number of nitrogens with one attached hydrogen (secondary N) is 4. The van der Waals surface area contributed by atoms with Crippen LogP contribution in [0.3, 0.4) is 0 Å². The van der Waals surface area contributed by atoms with Gasteiger partial charge in [0.25, 0.3) is 0 Å². The fourth-order valence-electron chi connectivity index (χ4n) is 3.75. The van der Waals surface area contributed by atoms with Crippen LogP contribution in [0.15, 0.2) is 4.99 Å². The smallest absolute Gasteiger partial charge is 0.408 e. The molecule has 36 heavy (non-hydrogen) atoms. The summed E-state index contributed by atoms with van der Waals surface area (Å²) in [6.07, 6.45) is 2.12. The lowest BCUT2D eigenvalue weighted by molar-refractivity contribution is -0.140. The Labute approximate surface area is 214 Å². The van der Waals surface area contributed by atoms with Crippen molar-refractivity contribution in [2.75, 3.05) is 26.2 Å². The van der Waals surface area contributed by atoms with Crippen molar-refractivity contribution < 1.29 is 23.9 Å². The van der Waals surface area contributed by atoms with Gasteiger partial charge >= 0.3 is 6.09 Å². The summed E-state index contributed by atoms with van der Waals surface area (Å²) in [5, 5.41) is 11.6. The molecule has 0 aromatic heterocycles. The Morgan fingerprint density at radius 3 is 2.28 bits per heavy atom. The minimum atomic E-state index is -0.854. The maximum Gasteiger partial charge on any atom is 0.408 e. The van der Waals surface area contributed by atoms with Gasteiger partial charge in [-0.3, -0.25) is 19.4 Å². The van der Waals surface area contributed by atoms with Gasteiger partial charge in [-0.2, -0.15) is 0 Å². The Balaban J connectivity index is 2.88. The van der Waals surface area contributed by atoms with Gasteiger partial charge in [0, 0.05) is 26.2 Å². The Bertz CT molecular complexity index is 773. The number of likely N-dealkylation sites (tertiary alicyclic amines) is 1. The van der Waals surface area contributed by atoms with Gasteiger partial charge in [0.2, 0.25) is 17.7 Å². The molecule has 1 rings (SSSR count). The number of rotatable bonds is 12. The molecule has 0 spiro atoms. The molecule has 0 unspecified atom stereocenters. The zero-order valence-corrected chi connectivity index (χ0v) is 22.6. The zero-order valence-electron chi connectivity index (χ0n) is 22.6. The van der Waals surface area contributed by atoms with E-state index in [9.17, 15) is 19.2 Å². The first kappa shape index (κ1) is 31.0. The number of nitrogens with two attached hydrogens (primary N) is 1. The predicted molar refractivity (Wildman–Crippen MR) is 138 cm³/mol. The summed E-state index contributed by atoms with van der Waals surface area (Å²) >= 11 is 0. The van der Waals surface area contributed by atoms with Crippen LogP contribution >= 0.6 is 0 Å². The molecule has 0 saturated carbocycles. The Hall–Kier alpha value is -3.05. The number of ether oxygens (including phenoxy) is 1. The first-order valence-corrected chi connectivity index (χ1v) is 12.8. The fourth-order valence-corrected chi connectivity index (χ4v) is 3.75. The van der Waals surface area contributed by atoms with E-state index in [0.29, 0.717) is 45.2 Å². The summed E-state index contributed by atoms with van der Waals surface area (Å²) in [5.74, 6) is -0.708. The van der Waals surface area contributed by atoms with E-state index >= 15 is 0 Å². The minimum absolute atomic E-state index is 0.352. The van der Waals surface area contributed by atoms with Crippen molar-refractivity contribution in [1.82, 2.24) is 26.2 Å². The molecule has 206 valence electrons. The molecule has 12 nitrogen and oxygen atoms in total. The molecule has 0 aliphatic carbocycles. The van der Waals surface area contributed by atoms with Crippen molar-refractivity contribution in [3.63, 3.8) is 0 Å². The van der Waals surface area contributed by atoms with Crippen LogP contribution in [0.1, 0.15) is 73.6 Å². The van der Waals surface area contributed by atoms with E-state index in [-0.39, 0.29) is 5.91 Å². The Morgan fingerprint density at radius 2 is 1.72 bits per heavy atom. The highest BCUT2D eigenvalue weighted by molar-refractivity contribution is 5.93. The van der Waals surface area contributed by atoms with Crippen LogP contribution in [-0.2, 0) is 19.1 Å². The summed E-state index contributed by atoms with van der Waals surface area (Å²) in [6, 6.07) is -2.43. The first-order valence-electron chi connectivity index (χ1n) is 12.8. The molecular weight excluding hydrogens is 466 g/mol. The van der Waals surface area contributed by atoms with Gasteiger partial charge in [0.05, 0.1) is 0 Å². The Kier molecular flexibility index (Phi) is 13.0. The number of hydrogen-bond donors (Lipinski definition) is 5. The maximum atomic E-state index is 13.5. The molecule has 3 atom stereocenters. The van der Waals surface area contributed by atoms with Gasteiger partial charge in [-0.25, -0.2) is 4.79 Å². The van der Waals surface area contributed by atoms with Crippen molar-refractivity contribution in [3.8, 4) is 0 Å². The maximum absolute atomic E-state index is 13.5. The lowest BCUT2D eigenvalue weighted by Crippen LogP contribution is -2.55. The van der Waals surface area contributed by atoms with Crippen LogP contribution in [0.5, 0.6) is 0 Å². The number of guanidine groups is 1. The average molecular weight is 512 g/mol. The van der Waals surface area contributed by atoms with Crippen molar-refractivity contribution in [1.29, 1.82) is 0 Å². The van der Waals surface area contributed by atoms with E-state index in [0.717, 1.165) is 19.0 Å². The molecule has 12 heteroatoms. The standard InChI is InChI=1S/C24H45N7O5/c1-7-26-22(27-8-2)28-14-10-9-12-17(30-23(35)36-24(4,5)6)21(34)31-15-11-13-18(31)20(33)29-16(3)19(25)32/h16-18H,7-15H2,1-6H3,(H2,25,32)(H,29,33)(H,30,35)(H2,26,27,28)/t16-,17-,18+/m1/s1. The normalized spacial score (nSPS) is 16.9. The second kappa shape index (κ2) is 15.1. The minimum Gasteiger partial charge on any atom is -0.444 e. The van der Waals surface area contributed by atoms with Gasteiger partial charge in [-0.1, -0.05) is 0 Å². The summed E-state index contributed by atoms with van der Waals surface area (Å²) in [6.45, 7) is 13.2. The van der Waals surface area contributed by atoms with E-state index < -0.39 is 41.6 Å². The van der Waals surface area contributed by atoms with Crippen LogP contribution in [-0.4, -0.2) is 84.6 Å². The van der Waals surface area contributed by atoms with Crippen molar-refractivity contribution >= 4 is 29.8 Å². The van der Waals surface area contributed by atoms with Crippen LogP contribution in [0, 0.1) is 0 Å². The number of unbranched alkanes of at least 4 members (excludes halogenated alkanes) is 1. The number of hydrogen-bond acceptors (Lipinski definition) is 6. The molecule has 0 radical (unpaired) electrons. The molecular formula is C24H45N7O5. The van der Waals surface area contributed by atoms with Gasteiger partial charge < -0.3 is 36.6 Å². The van der Waals surface area contributed by atoms with Crippen LogP contribution < -0.4 is 27.0 Å². The number of carbonyl (C=O) groups excluding carboxylic acids is 4. The lowest BCUT2D eigenvalue weighted by Gasteiger charge is -2.30. The number of aliphatic imine (C=N–C) groups is 1. The van der Waals surface area contributed by atoms with Crippen LogP contribution in [0.25, 0.3) is 0 Å². The SMILES string of the molecule is CCNC(=NCCCC[C@@H](NC(=O)OC(C)(C)C)C(=O)N1CCC[C@H]1C(=O)N[C@H](C)C(N)=O)NCC. The molecule has 1 aliphatic heterocycles.